The van der Waals surface area contributed by atoms with Crippen LogP contribution in [-0.4, -0.2) is 0 Å². The molecule has 3 nitrogen and oxygen atoms in total. The lowest BCUT2D eigenvalue weighted by Gasteiger charge is -2.11. The third kappa shape index (κ3) is 16.5. The van der Waals surface area contributed by atoms with E-state index >= 15 is 0 Å². The van der Waals surface area contributed by atoms with Crippen molar-refractivity contribution in [2.45, 2.75) is 117 Å². The van der Waals surface area contributed by atoms with Gasteiger partial charge in [-0.25, -0.2) is 13.7 Å². The standard InChI is InChI=1S/C39H54N3.3BrH/c1-34-16-13-25-40(31-34)22-10-4-7-19-37-28-38(20-8-5-11-23-41-26-14-17-35(2)32-41)30-39(29-37)21-9-6-12-24-42-27-15-18-36(3)33-42;;;/h13-18,25-33H,4-12,19-24H2,1-3H3;3*1H/q+3;;;/p-3. The molecule has 0 aliphatic carbocycles. The number of benzene rings is 1. The van der Waals surface area contributed by atoms with Crippen LogP contribution >= 0.6 is 0 Å². The molecule has 6 heteroatoms. The van der Waals surface area contributed by atoms with Gasteiger partial charge in [-0.05, 0) is 113 Å². The first kappa shape index (κ1) is 41.1. The fraction of sp³-hybridized carbons (Fsp3) is 0.462. The van der Waals surface area contributed by atoms with E-state index in [9.17, 15) is 0 Å². The predicted octanol–water partition coefficient (Wildman–Crippen LogP) is -1.27. The second-order valence-corrected chi connectivity index (χ2v) is 12.4. The zero-order chi connectivity index (χ0) is 29.4. The summed E-state index contributed by atoms with van der Waals surface area (Å²) in [6, 6.07) is 20.5. The molecule has 0 aliphatic rings. The Morgan fingerprint density at radius 1 is 0.400 bits per heavy atom. The van der Waals surface area contributed by atoms with Crippen LogP contribution in [0.25, 0.3) is 0 Å². The molecule has 4 rings (SSSR count). The van der Waals surface area contributed by atoms with Crippen LogP contribution in [0.1, 0.15) is 91.2 Å². The molecule has 3 aromatic heterocycles. The van der Waals surface area contributed by atoms with Crippen LogP contribution in [0.2, 0.25) is 0 Å². The molecule has 4 aromatic rings. The van der Waals surface area contributed by atoms with Gasteiger partial charge in [-0.2, -0.15) is 0 Å². The Labute approximate surface area is 305 Å². The molecular weight excluding hydrogens is 750 g/mol. The molecule has 0 N–H and O–H groups in total. The first-order valence-electron chi connectivity index (χ1n) is 16.5. The van der Waals surface area contributed by atoms with Crippen molar-refractivity contribution in [2.75, 3.05) is 0 Å². The molecule has 0 amide bonds. The molecule has 0 aliphatic heterocycles. The third-order valence-electron chi connectivity index (χ3n) is 8.28. The Hall–Kier alpha value is -1.89. The molecule has 1 aromatic carbocycles. The molecule has 0 radical (unpaired) electrons. The first-order chi connectivity index (χ1) is 20.5. The van der Waals surface area contributed by atoms with Crippen molar-refractivity contribution in [3.8, 4) is 0 Å². The van der Waals surface area contributed by atoms with Crippen LogP contribution in [0, 0.1) is 20.8 Å². The zero-order valence-electron chi connectivity index (χ0n) is 27.7. The van der Waals surface area contributed by atoms with Gasteiger partial charge in [0, 0.05) is 54.2 Å². The highest BCUT2D eigenvalue weighted by atomic mass is 79.9. The van der Waals surface area contributed by atoms with Crippen molar-refractivity contribution in [3.05, 3.63) is 125 Å². The number of rotatable bonds is 18. The Kier molecular flexibility index (Phi) is 21.4. The summed E-state index contributed by atoms with van der Waals surface area (Å²) in [5.41, 5.74) is 8.67. The number of unbranched alkanes of at least 4 members (excludes halogenated alkanes) is 6. The highest BCUT2D eigenvalue weighted by Crippen LogP contribution is 2.18. The second kappa shape index (κ2) is 23.4. The van der Waals surface area contributed by atoms with Gasteiger partial charge < -0.3 is 50.9 Å². The number of aryl methyl sites for hydroxylation is 9. The lowest BCUT2D eigenvalue weighted by molar-refractivity contribution is -0.697. The van der Waals surface area contributed by atoms with Gasteiger partial charge in [-0.1, -0.05) is 18.2 Å². The second-order valence-electron chi connectivity index (χ2n) is 12.4. The average Bonchev–Trinajstić information content (AvgIpc) is 2.97. The zero-order valence-corrected chi connectivity index (χ0v) is 32.5. The molecule has 0 saturated carbocycles. The Morgan fingerprint density at radius 3 is 0.956 bits per heavy atom. The fourth-order valence-electron chi connectivity index (χ4n) is 6.05. The van der Waals surface area contributed by atoms with Crippen LogP contribution in [0.5, 0.6) is 0 Å². The van der Waals surface area contributed by atoms with E-state index in [1.54, 1.807) is 16.7 Å². The van der Waals surface area contributed by atoms with Gasteiger partial charge in [0.05, 0.1) is 0 Å². The number of nitrogens with zero attached hydrogens (tertiary/aromatic N) is 3. The molecule has 0 bridgehead atoms. The van der Waals surface area contributed by atoms with Crippen LogP contribution in [0.15, 0.2) is 91.8 Å². The molecule has 3 heterocycles. The van der Waals surface area contributed by atoms with Crippen molar-refractivity contribution in [2.24, 2.45) is 0 Å². The van der Waals surface area contributed by atoms with Gasteiger partial charge in [0.1, 0.15) is 19.6 Å². The number of hydrogen-bond donors (Lipinski definition) is 0. The summed E-state index contributed by atoms with van der Waals surface area (Å²) in [5.74, 6) is 0. The Balaban J connectivity index is 0.00000337. The lowest BCUT2D eigenvalue weighted by Crippen LogP contribution is -3.00. The average molecular weight is 805 g/mol. The third-order valence-corrected chi connectivity index (χ3v) is 8.28. The lowest BCUT2D eigenvalue weighted by atomic mass is 9.95. The highest BCUT2D eigenvalue weighted by Gasteiger charge is 2.07. The quantitative estimate of drug-likeness (QED) is 0.0880. The van der Waals surface area contributed by atoms with Gasteiger partial charge >= 0.3 is 0 Å². The molecule has 246 valence electrons. The summed E-state index contributed by atoms with van der Waals surface area (Å²) in [6.07, 6.45) is 28.4. The van der Waals surface area contributed by atoms with Gasteiger partial charge in [-0.3, -0.25) is 0 Å². The number of aromatic nitrogens is 3. The van der Waals surface area contributed by atoms with E-state index in [4.69, 9.17) is 0 Å². The van der Waals surface area contributed by atoms with Crippen molar-refractivity contribution < 1.29 is 64.6 Å². The van der Waals surface area contributed by atoms with Crippen LogP contribution in [-0.2, 0) is 38.9 Å². The van der Waals surface area contributed by atoms with Crippen LogP contribution in [0.4, 0.5) is 0 Å². The maximum atomic E-state index is 2.52. The Morgan fingerprint density at radius 2 is 0.689 bits per heavy atom. The van der Waals surface area contributed by atoms with Gasteiger partial charge in [-0.15, -0.1) is 0 Å². The van der Waals surface area contributed by atoms with E-state index in [0.29, 0.717) is 0 Å². The van der Waals surface area contributed by atoms with Crippen molar-refractivity contribution in [1.82, 2.24) is 0 Å². The SMILES string of the molecule is Cc1ccc[n+](CCCCCc2cc(CCCCC[n+]3cccc(C)c3)cc(CCCCC[n+]3cccc(C)c3)c2)c1.[Br-].[Br-].[Br-]. The summed E-state index contributed by atoms with van der Waals surface area (Å²) in [7, 11) is 0. The minimum absolute atomic E-state index is 0. The minimum atomic E-state index is 0. The van der Waals surface area contributed by atoms with Crippen molar-refractivity contribution in [1.29, 1.82) is 0 Å². The fourth-order valence-corrected chi connectivity index (χ4v) is 6.05. The summed E-state index contributed by atoms with van der Waals surface area (Å²) in [6.45, 7) is 9.88. The van der Waals surface area contributed by atoms with Crippen LogP contribution < -0.4 is 64.6 Å². The van der Waals surface area contributed by atoms with Crippen LogP contribution in [0.3, 0.4) is 0 Å². The van der Waals surface area contributed by atoms with E-state index in [2.05, 4.69) is 126 Å². The molecule has 45 heavy (non-hydrogen) atoms. The van der Waals surface area contributed by atoms with E-state index in [0.717, 1.165) is 19.6 Å². The monoisotopic (exact) mass is 801 g/mol. The van der Waals surface area contributed by atoms with Crippen molar-refractivity contribution in [3.63, 3.8) is 0 Å². The molecule has 0 saturated heterocycles. The molecule has 0 spiro atoms. The maximum absolute atomic E-state index is 2.52. The molecule has 0 fully saturated rings. The summed E-state index contributed by atoms with van der Waals surface area (Å²) in [4.78, 5) is 0. The Bertz CT molecular complexity index is 1200. The largest absolute Gasteiger partial charge is 1.00 e. The number of hydrogen-bond acceptors (Lipinski definition) is 0. The smallest absolute Gasteiger partial charge is 0.171 e. The normalized spacial score (nSPS) is 10.5. The first-order valence-corrected chi connectivity index (χ1v) is 16.5. The van der Waals surface area contributed by atoms with E-state index < -0.39 is 0 Å². The number of halogens is 3. The van der Waals surface area contributed by atoms with E-state index in [1.807, 2.05) is 0 Å². The van der Waals surface area contributed by atoms with Gasteiger partial charge in [0.2, 0.25) is 0 Å². The summed E-state index contributed by atoms with van der Waals surface area (Å²) in [5, 5.41) is 0. The maximum Gasteiger partial charge on any atom is 0.171 e. The minimum Gasteiger partial charge on any atom is -1.00 e. The molecule has 0 unspecified atom stereocenters. The van der Waals surface area contributed by atoms with E-state index in [-0.39, 0.29) is 50.9 Å². The topological polar surface area (TPSA) is 11.6 Å². The van der Waals surface area contributed by atoms with E-state index in [1.165, 1.54) is 93.7 Å². The number of pyridine rings is 3. The van der Waals surface area contributed by atoms with Gasteiger partial charge in [0.15, 0.2) is 37.2 Å². The summed E-state index contributed by atoms with van der Waals surface area (Å²) >= 11 is 0. The summed E-state index contributed by atoms with van der Waals surface area (Å²) < 4.78 is 7.01. The highest BCUT2D eigenvalue weighted by molar-refractivity contribution is 5.31. The molecular formula is C39H54Br3N3. The predicted molar refractivity (Wildman–Crippen MR) is 173 cm³/mol. The molecule has 0 atom stereocenters. The van der Waals surface area contributed by atoms with Gasteiger partial charge in [0.25, 0.3) is 0 Å². The van der Waals surface area contributed by atoms with Crippen molar-refractivity contribution >= 4 is 0 Å².